The van der Waals surface area contributed by atoms with Gasteiger partial charge < -0.3 is 57.5 Å². The number of rotatable bonds is 15. The zero-order valence-corrected chi connectivity index (χ0v) is 41.7. The van der Waals surface area contributed by atoms with E-state index < -0.39 is 93.5 Å². The van der Waals surface area contributed by atoms with Gasteiger partial charge in [-0.25, -0.2) is 19.4 Å². The monoisotopic (exact) mass is 1070 g/mol. The number of hydrogen-bond acceptors (Lipinski definition) is 16. The Kier molecular flexibility index (Phi) is 17.3. The number of anilines is 2. The molecule has 374 valence electrons. The van der Waals surface area contributed by atoms with Gasteiger partial charge in [-0.3, -0.25) is 19.2 Å². The molecule has 1 N–H and O–H groups in total. The van der Waals surface area contributed by atoms with Crippen molar-refractivity contribution in [3.63, 3.8) is 0 Å². The van der Waals surface area contributed by atoms with E-state index in [2.05, 4.69) is 0 Å². The number of methoxy groups -OCH3 is 3. The van der Waals surface area contributed by atoms with Crippen LogP contribution in [-0.2, 0) is 33.3 Å². The molecule has 0 aromatic heterocycles. The smallest absolute Gasteiger partial charge is 0.416 e. The van der Waals surface area contributed by atoms with E-state index in [0.29, 0.717) is 19.3 Å². The number of aliphatic hydroxyl groups is 1. The van der Waals surface area contributed by atoms with Crippen LogP contribution < -0.4 is 28.7 Å². The third-order valence-electron chi connectivity index (χ3n) is 11.2. The maximum absolute atomic E-state index is 14.2. The van der Waals surface area contributed by atoms with Crippen molar-refractivity contribution in [1.29, 1.82) is 0 Å². The molecule has 68 heavy (non-hydrogen) atoms. The topological polar surface area (TPSA) is 219 Å². The first-order valence-corrected chi connectivity index (χ1v) is 23.2. The number of ether oxygens (including phenoxy) is 9. The predicted molar refractivity (Wildman–Crippen MR) is 246 cm³/mol. The number of unbranched alkanes of at least 4 members (excludes halogenated alkanes) is 2. The summed E-state index contributed by atoms with van der Waals surface area (Å²) in [6.07, 6.45) is -4.74. The highest BCUT2D eigenvalue weighted by Gasteiger charge is 2.51. The average Bonchev–Trinajstić information content (AvgIpc) is 3.84. The lowest BCUT2D eigenvalue weighted by atomic mass is 10.1. The number of fused-ring (bicyclic) bond motifs is 4. The third kappa shape index (κ3) is 12.4. The van der Waals surface area contributed by atoms with Crippen molar-refractivity contribution in [2.24, 2.45) is 0 Å². The number of aliphatic hydroxyl groups excluding tert-OH is 1. The summed E-state index contributed by atoms with van der Waals surface area (Å²) in [7, 11) is 4.10. The Hall–Kier alpha value is -4.28. The molecule has 2 aromatic carbocycles. The Bertz CT molecular complexity index is 2250. The molecule has 4 heterocycles. The molecule has 4 aliphatic rings. The van der Waals surface area contributed by atoms with Crippen LogP contribution in [0.5, 0.6) is 23.0 Å². The Balaban J connectivity index is 1.17. The molecule has 0 radical (unpaired) electrons. The molecule has 6 rings (SSSR count). The van der Waals surface area contributed by atoms with E-state index in [0.717, 1.165) is 9.80 Å². The summed E-state index contributed by atoms with van der Waals surface area (Å²) in [4.78, 5) is 83.9. The Labute approximate surface area is 420 Å². The van der Waals surface area contributed by atoms with E-state index in [1.165, 1.54) is 69.2 Å². The van der Waals surface area contributed by atoms with Gasteiger partial charge in [0.05, 0.1) is 75.1 Å². The molecular weight excluding hydrogens is 1030 g/mol. The fourth-order valence-electron chi connectivity index (χ4n) is 8.47. The first-order valence-electron chi connectivity index (χ1n) is 21.0. The summed E-state index contributed by atoms with van der Waals surface area (Å²) in [6.45, 7) is 1.39. The molecule has 0 aliphatic carbocycles. The average molecular weight is 1080 g/mol. The van der Waals surface area contributed by atoms with Crippen LogP contribution in [-0.4, -0.2) is 156 Å². The number of nitrogens with zero attached hydrogens (tertiary/aromatic N) is 4. The molecule has 0 bridgehead atoms. The van der Waals surface area contributed by atoms with Gasteiger partial charge in [0.25, 0.3) is 11.8 Å². The van der Waals surface area contributed by atoms with Crippen LogP contribution in [0.3, 0.4) is 0 Å². The fourth-order valence-corrected chi connectivity index (χ4v) is 8.80. The highest BCUT2D eigenvalue weighted by Crippen LogP contribution is 2.44. The van der Waals surface area contributed by atoms with Gasteiger partial charge in [-0.2, -0.15) is 0 Å². The van der Waals surface area contributed by atoms with E-state index in [4.69, 9.17) is 112 Å². The Morgan fingerprint density at radius 1 is 0.632 bits per heavy atom. The van der Waals surface area contributed by atoms with Crippen LogP contribution in [0.15, 0.2) is 24.3 Å². The van der Waals surface area contributed by atoms with Crippen molar-refractivity contribution >= 4 is 117 Å². The largest absolute Gasteiger partial charge is 0.493 e. The maximum atomic E-state index is 14.2. The lowest BCUT2D eigenvalue weighted by Gasteiger charge is -2.34. The highest BCUT2D eigenvalue weighted by molar-refractivity contribution is 6.68. The van der Waals surface area contributed by atoms with Gasteiger partial charge in [-0.05, 0) is 31.4 Å². The quantitative estimate of drug-likeness (QED) is 0.0863. The highest BCUT2D eigenvalue weighted by atomic mass is 35.6. The second-order valence-electron chi connectivity index (χ2n) is 15.9. The molecular formula is C42H48Cl6N4O16. The van der Waals surface area contributed by atoms with E-state index in [-0.39, 0.29) is 84.6 Å². The molecule has 0 saturated carbocycles. The van der Waals surface area contributed by atoms with Crippen molar-refractivity contribution in [2.75, 3.05) is 70.6 Å². The number of alkyl halides is 6. The van der Waals surface area contributed by atoms with E-state index in [1.807, 2.05) is 0 Å². The molecule has 4 amide bonds. The van der Waals surface area contributed by atoms with E-state index in [9.17, 15) is 33.9 Å². The molecule has 0 spiro atoms. The minimum absolute atomic E-state index is 0.0124. The molecule has 20 nitrogen and oxygen atoms in total. The second kappa shape index (κ2) is 22.2. The van der Waals surface area contributed by atoms with Crippen molar-refractivity contribution < 1.29 is 76.5 Å². The zero-order valence-electron chi connectivity index (χ0n) is 37.2. The number of amides is 4. The van der Waals surface area contributed by atoms with Gasteiger partial charge in [0, 0.05) is 45.9 Å². The van der Waals surface area contributed by atoms with Gasteiger partial charge >= 0.3 is 24.1 Å². The number of halogens is 6. The summed E-state index contributed by atoms with van der Waals surface area (Å²) in [5.41, 5.74) is -0.0234. The van der Waals surface area contributed by atoms with Crippen LogP contribution in [0.4, 0.5) is 21.0 Å². The lowest BCUT2D eigenvalue weighted by Crippen LogP contribution is -2.52. The summed E-state index contributed by atoms with van der Waals surface area (Å²) in [5.74, 6) is -1.59. The number of benzene rings is 2. The molecule has 2 aromatic rings. The predicted octanol–water partition coefficient (Wildman–Crippen LogP) is 6.57. The first-order chi connectivity index (χ1) is 32.0. The molecule has 2 fully saturated rings. The number of carbonyl (C=O) groups is 6. The van der Waals surface area contributed by atoms with Crippen LogP contribution in [0.1, 0.15) is 66.7 Å². The number of carbonyl (C=O) groups excluding carboxylic acids is 6. The molecule has 26 heteroatoms. The minimum atomic E-state index is -1.99. The van der Waals surface area contributed by atoms with Gasteiger partial charge in [0.15, 0.2) is 35.5 Å². The molecule has 6 atom stereocenters. The van der Waals surface area contributed by atoms with E-state index in [1.54, 1.807) is 0 Å². The van der Waals surface area contributed by atoms with Crippen molar-refractivity contribution in [3.8, 4) is 23.0 Å². The van der Waals surface area contributed by atoms with Gasteiger partial charge in [-0.15, -0.1) is 0 Å². The van der Waals surface area contributed by atoms with Crippen molar-refractivity contribution in [2.45, 2.75) is 90.3 Å². The summed E-state index contributed by atoms with van der Waals surface area (Å²) < 4.78 is 46.7. The van der Waals surface area contributed by atoms with Gasteiger partial charge in [0.1, 0.15) is 25.4 Å². The number of esters is 2. The van der Waals surface area contributed by atoms with Crippen molar-refractivity contribution in [1.82, 2.24) is 9.80 Å². The van der Waals surface area contributed by atoms with Crippen LogP contribution >= 0.6 is 69.6 Å². The molecule has 0 unspecified atom stereocenters. The Morgan fingerprint density at radius 2 is 1.06 bits per heavy atom. The first kappa shape index (κ1) is 53.1. The van der Waals surface area contributed by atoms with Crippen LogP contribution in [0, 0.1) is 0 Å². The van der Waals surface area contributed by atoms with E-state index >= 15 is 0 Å². The summed E-state index contributed by atoms with van der Waals surface area (Å²) in [5, 5.41) is 11.6. The third-order valence-corrected chi connectivity index (χ3v) is 11.8. The second-order valence-corrected chi connectivity index (χ2v) is 20.9. The standard InChI is InChI=1S/C42H48Cl6N4O16/c1-21(53)67-23-11-29-37(57)51(39(58)65-19-41(43,44)45)27-15-33(31(60-3)13-25(27)35(55)49(29)17-23)63-9-7-6-8-10-64-34-16-28-26(14-32(34)61-4)36(56)50-18-24(68-22(2)54)12-30(50)38(62-5)52(28)40(59)66-20-42(46,47)48/h13-16,23-24,29-30,37-38,57H,6-12,17-20H2,1-5H3/t23-,24-,29+,30+,37+,38+/m1/s1. The van der Waals surface area contributed by atoms with Gasteiger partial charge in [0.2, 0.25) is 7.59 Å². The minimum Gasteiger partial charge on any atom is -0.493 e. The number of hydrogen-bond donors (Lipinski definition) is 1. The summed E-state index contributed by atoms with van der Waals surface area (Å²) >= 11 is 35.2. The SMILES string of the molecule is COc1cc2c(cc1OCCCCCOc1cc3c(cc1OC)C(=O)N1C[C@H](OC(C)=O)C[C@H]1[C@H](OC)N3C(=O)OCC(Cl)(Cl)Cl)N(C(=O)OCC(Cl)(Cl)Cl)[C@@H](O)[C@@H]1C[C@@H](OC(C)=O)CN1C2=O. The van der Waals surface area contributed by atoms with Crippen molar-refractivity contribution in [3.05, 3.63) is 35.4 Å². The Morgan fingerprint density at radius 3 is 1.49 bits per heavy atom. The molecule has 2 saturated heterocycles. The van der Waals surface area contributed by atoms with Crippen LogP contribution in [0.25, 0.3) is 0 Å². The van der Waals surface area contributed by atoms with Gasteiger partial charge in [-0.1, -0.05) is 69.6 Å². The normalized spacial score (nSPS) is 22.2. The maximum Gasteiger partial charge on any atom is 0.416 e. The summed E-state index contributed by atoms with van der Waals surface area (Å²) in [6, 6.07) is 3.82. The zero-order chi connectivity index (χ0) is 49.8. The van der Waals surface area contributed by atoms with Crippen LogP contribution in [0.2, 0.25) is 0 Å². The lowest BCUT2D eigenvalue weighted by molar-refractivity contribution is -0.146. The molecule has 4 aliphatic heterocycles. The fraction of sp³-hybridized carbons (Fsp3) is 0.571.